The van der Waals surface area contributed by atoms with E-state index in [0.29, 0.717) is 26.4 Å². The maximum atomic E-state index is 5.89. The average molecular weight is 971 g/mol. The lowest BCUT2D eigenvalue weighted by Gasteiger charge is -2.28. The summed E-state index contributed by atoms with van der Waals surface area (Å²) in [5.41, 5.74) is 14.2. The molecule has 6 nitrogen and oxygen atoms in total. The molecule has 4 aliphatic heterocycles. The van der Waals surface area contributed by atoms with E-state index in [2.05, 4.69) is 230 Å². The number of fused-ring (bicyclic) bond motifs is 9. The Morgan fingerprint density at radius 1 is 0.333 bits per heavy atom. The van der Waals surface area contributed by atoms with E-state index in [9.17, 15) is 0 Å². The van der Waals surface area contributed by atoms with Crippen LogP contribution >= 0.6 is 0 Å². The molecular formula is C64H54N2O4Si2. The van der Waals surface area contributed by atoms with Crippen molar-refractivity contribution in [2.45, 2.75) is 38.8 Å². The highest BCUT2D eigenvalue weighted by Gasteiger charge is 2.41. The minimum absolute atomic E-state index is 0.324. The van der Waals surface area contributed by atoms with Crippen molar-refractivity contribution in [3.8, 4) is 22.3 Å². The van der Waals surface area contributed by atoms with Gasteiger partial charge in [0.15, 0.2) is 12.6 Å². The number of hydrogen-bond donors (Lipinski definition) is 0. The molecule has 10 aromatic rings. The average Bonchev–Trinajstić information content (AvgIpc) is 4.24. The van der Waals surface area contributed by atoms with Crippen LogP contribution < -0.4 is 30.5 Å². The Bertz CT molecular complexity index is 3550. The van der Waals surface area contributed by atoms with Crippen LogP contribution in [0.5, 0.6) is 0 Å². The molecule has 0 aliphatic carbocycles. The normalized spacial score (nSPS) is 16.6. The minimum Gasteiger partial charge on any atom is -0.346 e. The van der Waals surface area contributed by atoms with Gasteiger partial charge >= 0.3 is 0 Å². The molecular weight excluding hydrogens is 917 g/mol. The smallest absolute Gasteiger partial charge is 0.184 e. The van der Waals surface area contributed by atoms with Gasteiger partial charge in [-0.25, -0.2) is 0 Å². The highest BCUT2D eigenvalue weighted by molar-refractivity contribution is 7.04. The quantitative estimate of drug-likeness (QED) is 0.141. The van der Waals surface area contributed by atoms with Crippen molar-refractivity contribution in [3.63, 3.8) is 0 Å². The van der Waals surface area contributed by atoms with E-state index in [-0.39, 0.29) is 12.6 Å². The van der Waals surface area contributed by atoms with Gasteiger partial charge in [-0.3, -0.25) is 0 Å². The zero-order chi connectivity index (χ0) is 48.3. The lowest BCUT2D eigenvalue weighted by Crippen LogP contribution is -2.49. The van der Waals surface area contributed by atoms with E-state index in [1.807, 2.05) is 0 Å². The Kier molecular flexibility index (Phi) is 10.1. The Labute approximate surface area is 422 Å². The van der Waals surface area contributed by atoms with Gasteiger partial charge in [-0.2, -0.15) is 0 Å². The van der Waals surface area contributed by atoms with E-state index in [1.54, 1.807) is 0 Å². The molecule has 2 saturated heterocycles. The van der Waals surface area contributed by atoms with Gasteiger partial charge in [0.2, 0.25) is 0 Å². The summed E-state index contributed by atoms with van der Waals surface area (Å²) in [6.45, 7) is 12.6. The summed E-state index contributed by atoms with van der Waals surface area (Å²) in [6, 6.07) is 72.8. The van der Waals surface area contributed by atoms with Crippen LogP contribution in [0.1, 0.15) is 23.7 Å². The molecule has 0 spiro atoms. The summed E-state index contributed by atoms with van der Waals surface area (Å²) < 4.78 is 23.6. The van der Waals surface area contributed by atoms with E-state index in [1.165, 1.54) is 75.3 Å². The second-order valence-electron chi connectivity index (χ2n) is 20.8. The van der Waals surface area contributed by atoms with Crippen LogP contribution in [0.2, 0.25) is 26.2 Å². The first-order valence-corrected chi connectivity index (χ1v) is 31.3. The fraction of sp³-hybridized carbons (Fsp3) is 0.156. The summed E-state index contributed by atoms with van der Waals surface area (Å²) in [6.07, 6.45) is -0.649. The molecule has 4 aliphatic rings. The largest absolute Gasteiger partial charge is 0.346 e. The van der Waals surface area contributed by atoms with Crippen molar-refractivity contribution < 1.29 is 18.9 Å². The highest BCUT2D eigenvalue weighted by Crippen LogP contribution is 2.45. The molecule has 0 amide bonds. The summed E-state index contributed by atoms with van der Waals surface area (Å²) in [4.78, 5) is 4.86. The Hall–Kier alpha value is -7.15. The second kappa shape index (κ2) is 16.7. The maximum absolute atomic E-state index is 5.89. The Morgan fingerprint density at radius 3 is 1.12 bits per heavy atom. The first-order valence-electron chi connectivity index (χ1n) is 25.3. The Morgan fingerprint density at radius 2 is 0.694 bits per heavy atom. The Balaban J connectivity index is 0.899. The van der Waals surface area contributed by atoms with Gasteiger partial charge in [-0.05, 0) is 137 Å². The number of ether oxygens (including phenoxy) is 4. The minimum atomic E-state index is -2.08. The molecule has 14 rings (SSSR count). The molecule has 0 bridgehead atoms. The fourth-order valence-corrected chi connectivity index (χ4v) is 18.5. The van der Waals surface area contributed by atoms with E-state index in [4.69, 9.17) is 18.9 Å². The molecule has 0 unspecified atom stereocenters. The predicted molar refractivity (Wildman–Crippen MR) is 302 cm³/mol. The molecule has 72 heavy (non-hydrogen) atoms. The van der Waals surface area contributed by atoms with Gasteiger partial charge in [0.25, 0.3) is 0 Å². The monoisotopic (exact) mass is 970 g/mol. The van der Waals surface area contributed by atoms with Gasteiger partial charge in [0, 0.05) is 44.6 Å². The number of hydrogen-bond acceptors (Lipinski definition) is 6. The molecule has 0 radical (unpaired) electrons. The third kappa shape index (κ3) is 6.89. The predicted octanol–water partition coefficient (Wildman–Crippen LogP) is 13.8. The number of nitrogens with zero attached hydrogens (tertiary/aromatic N) is 2. The second-order valence-corrected chi connectivity index (χ2v) is 29.5. The van der Waals surface area contributed by atoms with E-state index < -0.39 is 16.1 Å². The molecule has 0 N–H and O–H groups in total. The SMILES string of the molecule is C[Si]1(C)c2ccc(N(c3ccc(C4OCCO4)cc3)c3cccc4ccccc34)cc2-c2cc3cc4c(cc3cc21)[Si](C)(C)c1ccc(N(c2ccc(C3OCCO3)cc2)c2cccc3ccccc23)cc1-4. The first-order chi connectivity index (χ1) is 35.2. The van der Waals surface area contributed by atoms with Crippen LogP contribution in [-0.4, -0.2) is 42.6 Å². The summed E-state index contributed by atoms with van der Waals surface area (Å²) in [5.74, 6) is 0. The highest BCUT2D eigenvalue weighted by atomic mass is 28.3. The molecule has 8 heteroatoms. The molecule has 10 aromatic carbocycles. The van der Waals surface area contributed by atoms with Crippen LogP contribution in [0.15, 0.2) is 194 Å². The molecule has 352 valence electrons. The van der Waals surface area contributed by atoms with E-state index in [0.717, 1.165) is 45.3 Å². The molecule has 0 atom stereocenters. The van der Waals surface area contributed by atoms with Crippen LogP contribution in [0.25, 0.3) is 54.6 Å². The van der Waals surface area contributed by atoms with Crippen LogP contribution in [0, 0.1) is 0 Å². The van der Waals surface area contributed by atoms with E-state index >= 15 is 0 Å². The molecule has 0 aromatic heterocycles. The third-order valence-electron chi connectivity index (χ3n) is 16.0. The van der Waals surface area contributed by atoms with Crippen molar-refractivity contribution in [3.05, 3.63) is 205 Å². The van der Waals surface area contributed by atoms with Crippen molar-refractivity contribution in [1.29, 1.82) is 0 Å². The summed E-state index contributed by atoms with van der Waals surface area (Å²) in [7, 11) is -4.15. The molecule has 4 heterocycles. The van der Waals surface area contributed by atoms with Gasteiger partial charge in [-0.1, -0.05) is 148 Å². The standard InChI is InChI=1S/C64H54N2O4Si2/c1-71(2)59-29-27-49(65(57-17-9-13-41-11-5-7-15-51(41)57)47-23-19-43(20-24-47)63-67-31-32-68-63)39-55(59)53-35-45-36-54-56-40-50(28-30-60(56)72(3,4)62(54)38-46(45)37-61(53)71)66(58-18-10-14-42-12-6-8-16-52(42)58)48-25-21-44(22-26-48)64-69-33-34-70-64/h5-30,35-40,63-64H,31-34H2,1-4H3. The van der Waals surface area contributed by atoms with Gasteiger partial charge < -0.3 is 28.7 Å². The molecule has 0 saturated carbocycles. The summed E-state index contributed by atoms with van der Waals surface area (Å²) >= 11 is 0. The fourth-order valence-electron chi connectivity index (χ4n) is 12.3. The van der Waals surface area contributed by atoms with Crippen LogP contribution in [0.3, 0.4) is 0 Å². The van der Waals surface area contributed by atoms with Gasteiger partial charge in [0.1, 0.15) is 16.1 Å². The number of rotatable bonds is 8. The first kappa shape index (κ1) is 43.6. The maximum Gasteiger partial charge on any atom is 0.184 e. The number of benzene rings is 10. The van der Waals surface area contributed by atoms with Crippen molar-refractivity contribution in [2.75, 3.05) is 36.2 Å². The third-order valence-corrected chi connectivity index (χ3v) is 23.1. The topological polar surface area (TPSA) is 43.4 Å². The summed E-state index contributed by atoms with van der Waals surface area (Å²) in [5, 5.41) is 13.5. The van der Waals surface area contributed by atoms with Crippen LogP contribution in [-0.2, 0) is 18.9 Å². The number of anilines is 6. The van der Waals surface area contributed by atoms with Crippen molar-refractivity contribution in [2.24, 2.45) is 0 Å². The van der Waals surface area contributed by atoms with Crippen LogP contribution in [0.4, 0.5) is 34.1 Å². The lowest BCUT2D eigenvalue weighted by molar-refractivity contribution is -0.0443. The zero-order valence-electron chi connectivity index (χ0n) is 41.0. The van der Waals surface area contributed by atoms with Gasteiger partial charge in [0.05, 0.1) is 37.8 Å². The zero-order valence-corrected chi connectivity index (χ0v) is 43.0. The van der Waals surface area contributed by atoms with Crippen molar-refractivity contribution in [1.82, 2.24) is 0 Å². The lowest BCUT2D eigenvalue weighted by atomic mass is 9.96. The molecule has 2 fully saturated rings. The van der Waals surface area contributed by atoms with Crippen molar-refractivity contribution >= 4 is 103 Å². The van der Waals surface area contributed by atoms with Gasteiger partial charge in [-0.15, -0.1) is 0 Å².